The van der Waals surface area contributed by atoms with E-state index in [2.05, 4.69) is 28.4 Å². The van der Waals surface area contributed by atoms with Crippen LogP contribution in [0.25, 0.3) is 0 Å². The van der Waals surface area contributed by atoms with Gasteiger partial charge in [0, 0.05) is 19.1 Å². The summed E-state index contributed by atoms with van der Waals surface area (Å²) in [6.45, 7) is 4.07. The lowest BCUT2D eigenvalue weighted by Gasteiger charge is -2.34. The molecule has 90 valence electrons. The third-order valence-electron chi connectivity index (χ3n) is 3.44. The minimum Gasteiger partial charge on any atom is -0.369 e. The van der Waals surface area contributed by atoms with Crippen LogP contribution in [0.15, 0.2) is 18.2 Å². The van der Waals surface area contributed by atoms with Crippen LogP contribution in [0.4, 0.5) is 5.69 Å². The van der Waals surface area contributed by atoms with Gasteiger partial charge in [0.25, 0.3) is 0 Å². The zero-order chi connectivity index (χ0) is 12.3. The van der Waals surface area contributed by atoms with Crippen molar-refractivity contribution in [3.8, 4) is 6.07 Å². The maximum Gasteiger partial charge on any atom is 0.101 e. The summed E-state index contributed by atoms with van der Waals surface area (Å²) >= 11 is 0. The van der Waals surface area contributed by atoms with Gasteiger partial charge in [0.2, 0.25) is 0 Å². The van der Waals surface area contributed by atoms with Gasteiger partial charge in [0.05, 0.1) is 11.3 Å². The molecule has 1 saturated heterocycles. The first kappa shape index (κ1) is 11.9. The summed E-state index contributed by atoms with van der Waals surface area (Å²) in [5, 5.41) is 12.5. The van der Waals surface area contributed by atoms with Crippen LogP contribution in [0.5, 0.6) is 0 Å². The highest BCUT2D eigenvalue weighted by molar-refractivity contribution is 5.60. The lowest BCUT2D eigenvalue weighted by molar-refractivity contribution is 0.449. The number of benzene rings is 1. The highest BCUT2D eigenvalue weighted by Gasteiger charge is 2.20. The second kappa shape index (κ2) is 5.20. The number of piperidine rings is 1. The van der Waals surface area contributed by atoms with Crippen molar-refractivity contribution in [1.29, 1.82) is 5.26 Å². The number of rotatable bonds is 2. The van der Waals surface area contributed by atoms with Crippen LogP contribution < -0.4 is 10.2 Å². The van der Waals surface area contributed by atoms with Gasteiger partial charge >= 0.3 is 0 Å². The number of nitriles is 1. The van der Waals surface area contributed by atoms with Crippen molar-refractivity contribution in [3.05, 3.63) is 29.3 Å². The Kier molecular flexibility index (Phi) is 3.65. The molecule has 1 aromatic rings. The van der Waals surface area contributed by atoms with E-state index in [0.717, 1.165) is 29.9 Å². The minimum absolute atomic E-state index is 0.539. The van der Waals surface area contributed by atoms with E-state index >= 15 is 0 Å². The fourth-order valence-corrected chi connectivity index (χ4v) is 2.45. The van der Waals surface area contributed by atoms with E-state index < -0.39 is 0 Å². The third kappa shape index (κ3) is 2.59. The molecule has 1 N–H and O–H groups in total. The van der Waals surface area contributed by atoms with Crippen LogP contribution in [0.2, 0.25) is 0 Å². The predicted molar refractivity (Wildman–Crippen MR) is 70.2 cm³/mol. The smallest absolute Gasteiger partial charge is 0.101 e. The average Bonchev–Trinajstić information content (AvgIpc) is 2.38. The number of hydrogen-bond donors (Lipinski definition) is 1. The molecule has 0 saturated carbocycles. The van der Waals surface area contributed by atoms with E-state index in [-0.39, 0.29) is 0 Å². The summed E-state index contributed by atoms with van der Waals surface area (Å²) in [5.74, 6) is 0. The van der Waals surface area contributed by atoms with E-state index in [0.29, 0.717) is 6.04 Å². The SMILES string of the molecule is CNC1CCCN(c2ccc(C)cc2C#N)C1. The number of nitrogens with zero attached hydrogens (tertiary/aromatic N) is 2. The maximum atomic E-state index is 9.20. The highest BCUT2D eigenvalue weighted by Crippen LogP contribution is 2.24. The Morgan fingerprint density at radius 2 is 2.29 bits per heavy atom. The Bertz CT molecular complexity index is 434. The molecule has 1 atom stereocenters. The van der Waals surface area contributed by atoms with Gasteiger partial charge in [0.1, 0.15) is 6.07 Å². The summed E-state index contributed by atoms with van der Waals surface area (Å²) in [4.78, 5) is 2.32. The molecule has 1 unspecified atom stereocenters. The molecular weight excluding hydrogens is 210 g/mol. The lowest BCUT2D eigenvalue weighted by Crippen LogP contribution is -2.44. The van der Waals surface area contributed by atoms with Crippen LogP contribution in [0.1, 0.15) is 24.0 Å². The Balaban J connectivity index is 2.24. The maximum absolute atomic E-state index is 9.20. The Hall–Kier alpha value is -1.53. The van der Waals surface area contributed by atoms with Crippen LogP contribution in [0.3, 0.4) is 0 Å². The standard InChI is InChI=1S/C14H19N3/c1-11-5-6-14(12(8-11)9-15)17-7-3-4-13(10-17)16-2/h5-6,8,13,16H,3-4,7,10H2,1-2H3. The first-order chi connectivity index (χ1) is 8.24. The number of likely N-dealkylation sites (N-methyl/N-ethyl adjacent to an activating group) is 1. The Labute approximate surface area is 103 Å². The number of aryl methyl sites for hydroxylation is 1. The minimum atomic E-state index is 0.539. The molecule has 1 heterocycles. The van der Waals surface area contributed by atoms with Crippen molar-refractivity contribution in [3.63, 3.8) is 0 Å². The molecule has 0 aliphatic carbocycles. The molecule has 0 bridgehead atoms. The molecule has 1 fully saturated rings. The molecule has 17 heavy (non-hydrogen) atoms. The van der Waals surface area contributed by atoms with Crippen molar-refractivity contribution in [1.82, 2.24) is 5.32 Å². The molecule has 3 nitrogen and oxygen atoms in total. The first-order valence-corrected chi connectivity index (χ1v) is 6.17. The summed E-state index contributed by atoms with van der Waals surface area (Å²) in [7, 11) is 2.01. The van der Waals surface area contributed by atoms with Gasteiger partial charge < -0.3 is 10.2 Å². The van der Waals surface area contributed by atoms with Crippen molar-refractivity contribution in [2.75, 3.05) is 25.0 Å². The molecule has 1 aromatic carbocycles. The molecule has 0 aromatic heterocycles. The summed E-state index contributed by atoms with van der Waals surface area (Å²) in [6, 6.07) is 8.97. The number of hydrogen-bond acceptors (Lipinski definition) is 3. The van der Waals surface area contributed by atoms with Crippen molar-refractivity contribution in [2.45, 2.75) is 25.8 Å². The average molecular weight is 229 g/mol. The quantitative estimate of drug-likeness (QED) is 0.843. The molecule has 0 amide bonds. The van der Waals surface area contributed by atoms with Gasteiger partial charge in [-0.1, -0.05) is 6.07 Å². The van der Waals surface area contributed by atoms with Crippen molar-refractivity contribution < 1.29 is 0 Å². The van der Waals surface area contributed by atoms with Gasteiger partial charge in [-0.3, -0.25) is 0 Å². The van der Waals surface area contributed by atoms with E-state index in [4.69, 9.17) is 0 Å². The summed E-state index contributed by atoms with van der Waals surface area (Å²) in [6.07, 6.45) is 2.41. The van der Waals surface area contributed by atoms with Gasteiger partial charge in [-0.2, -0.15) is 5.26 Å². The second-order valence-corrected chi connectivity index (χ2v) is 4.71. The Morgan fingerprint density at radius 1 is 1.47 bits per heavy atom. The molecule has 3 heteroatoms. The van der Waals surface area contributed by atoms with E-state index in [1.165, 1.54) is 12.8 Å². The molecular formula is C14H19N3. The van der Waals surface area contributed by atoms with Crippen LogP contribution >= 0.6 is 0 Å². The fourth-order valence-electron chi connectivity index (χ4n) is 2.45. The zero-order valence-electron chi connectivity index (χ0n) is 10.5. The number of anilines is 1. The normalized spacial score (nSPS) is 20.1. The lowest BCUT2D eigenvalue weighted by atomic mass is 10.0. The molecule has 0 spiro atoms. The van der Waals surface area contributed by atoms with Crippen molar-refractivity contribution in [2.24, 2.45) is 0 Å². The Morgan fingerprint density at radius 3 is 3.00 bits per heavy atom. The van der Waals surface area contributed by atoms with E-state index in [1.807, 2.05) is 20.0 Å². The molecule has 2 rings (SSSR count). The predicted octanol–water partition coefficient (Wildman–Crippen LogP) is 2.05. The topological polar surface area (TPSA) is 39.1 Å². The monoisotopic (exact) mass is 229 g/mol. The summed E-state index contributed by atoms with van der Waals surface area (Å²) < 4.78 is 0. The van der Waals surface area contributed by atoms with Crippen LogP contribution in [-0.2, 0) is 0 Å². The van der Waals surface area contributed by atoms with E-state index in [9.17, 15) is 5.26 Å². The van der Waals surface area contributed by atoms with E-state index in [1.54, 1.807) is 0 Å². The van der Waals surface area contributed by atoms with Crippen LogP contribution in [0, 0.1) is 18.3 Å². The van der Waals surface area contributed by atoms with Gasteiger partial charge in [-0.15, -0.1) is 0 Å². The van der Waals surface area contributed by atoms with Gasteiger partial charge in [0.15, 0.2) is 0 Å². The second-order valence-electron chi connectivity index (χ2n) is 4.71. The summed E-state index contributed by atoms with van der Waals surface area (Å²) in [5.41, 5.74) is 3.02. The zero-order valence-corrected chi connectivity index (χ0v) is 10.5. The van der Waals surface area contributed by atoms with Gasteiger partial charge in [-0.25, -0.2) is 0 Å². The first-order valence-electron chi connectivity index (χ1n) is 6.17. The highest BCUT2D eigenvalue weighted by atomic mass is 15.2. The largest absolute Gasteiger partial charge is 0.369 e. The molecule has 1 aliphatic heterocycles. The van der Waals surface area contributed by atoms with Crippen LogP contribution in [-0.4, -0.2) is 26.2 Å². The third-order valence-corrected chi connectivity index (χ3v) is 3.44. The van der Waals surface area contributed by atoms with Gasteiger partial charge in [-0.05, 0) is 44.5 Å². The van der Waals surface area contributed by atoms with Crippen molar-refractivity contribution >= 4 is 5.69 Å². The molecule has 0 radical (unpaired) electrons. The molecule has 1 aliphatic rings. The number of nitrogens with one attached hydrogen (secondary N) is 1. The fraction of sp³-hybridized carbons (Fsp3) is 0.500.